The number of anilines is 2. The zero-order valence-electron chi connectivity index (χ0n) is 14.0. The van der Waals surface area contributed by atoms with Gasteiger partial charge >= 0.3 is 6.09 Å². The van der Waals surface area contributed by atoms with Gasteiger partial charge in [0.25, 0.3) is 0 Å². The van der Waals surface area contributed by atoms with E-state index in [4.69, 9.17) is 5.73 Å². The minimum atomic E-state index is -0.886. The Kier molecular flexibility index (Phi) is 4.22. The lowest BCUT2D eigenvalue weighted by atomic mass is 9.82. The van der Waals surface area contributed by atoms with Crippen molar-refractivity contribution in [1.29, 1.82) is 0 Å². The molecule has 1 fully saturated rings. The lowest BCUT2D eigenvalue weighted by Crippen LogP contribution is -2.52. The first kappa shape index (κ1) is 16.4. The normalized spacial score (nSPS) is 22.0. The number of rotatable bonds is 2. The van der Waals surface area contributed by atoms with E-state index in [9.17, 15) is 9.90 Å². The number of amides is 1. The number of carboxylic acid groups (broad SMARTS) is 1. The molecule has 22 heavy (non-hydrogen) atoms. The molecule has 1 amide bonds. The van der Waals surface area contributed by atoms with Crippen molar-refractivity contribution in [2.45, 2.75) is 46.2 Å². The molecule has 1 aromatic rings. The third-order valence-corrected chi connectivity index (χ3v) is 4.40. The van der Waals surface area contributed by atoms with Gasteiger partial charge in [0.2, 0.25) is 0 Å². The minimum absolute atomic E-state index is 0.0451. The highest BCUT2D eigenvalue weighted by Crippen LogP contribution is 2.38. The molecule has 1 saturated heterocycles. The third-order valence-electron chi connectivity index (χ3n) is 4.40. The Bertz CT molecular complexity index is 568. The van der Waals surface area contributed by atoms with Crippen LogP contribution in [0.15, 0.2) is 12.3 Å². The zero-order valence-corrected chi connectivity index (χ0v) is 14.0. The molecule has 0 aromatic carbocycles. The molecule has 0 bridgehead atoms. The van der Waals surface area contributed by atoms with E-state index in [1.165, 1.54) is 4.90 Å². The summed E-state index contributed by atoms with van der Waals surface area (Å²) in [7, 11) is 1.65. The molecule has 3 N–H and O–H groups in total. The van der Waals surface area contributed by atoms with Crippen molar-refractivity contribution in [3.63, 3.8) is 0 Å². The number of aryl methyl sites for hydroxylation is 1. The fourth-order valence-corrected chi connectivity index (χ4v) is 3.50. The number of pyridine rings is 1. The maximum absolute atomic E-state index is 11.4. The number of hydrogen-bond donors (Lipinski definition) is 2. The largest absolute Gasteiger partial charge is 0.465 e. The van der Waals surface area contributed by atoms with Crippen LogP contribution in [0.4, 0.5) is 16.3 Å². The van der Waals surface area contributed by atoms with E-state index in [0.717, 1.165) is 24.3 Å². The van der Waals surface area contributed by atoms with Crippen molar-refractivity contribution in [1.82, 2.24) is 9.88 Å². The Morgan fingerprint density at radius 3 is 2.64 bits per heavy atom. The molecule has 1 aliphatic rings. The summed E-state index contributed by atoms with van der Waals surface area (Å²) in [6, 6.07) is 1.94. The SMILES string of the molecule is Cc1cc(N)cnc1N1CCC(N(C)C(=O)O)C1C(C)(C)C. The summed E-state index contributed by atoms with van der Waals surface area (Å²) in [5, 5.41) is 9.35. The average molecular weight is 306 g/mol. The lowest BCUT2D eigenvalue weighted by molar-refractivity contribution is 0.121. The summed E-state index contributed by atoms with van der Waals surface area (Å²) in [6.45, 7) is 9.22. The van der Waals surface area contributed by atoms with Crippen LogP contribution in [0, 0.1) is 12.3 Å². The number of likely N-dealkylation sites (N-methyl/N-ethyl adjacent to an activating group) is 1. The first-order chi connectivity index (χ1) is 10.1. The molecule has 2 heterocycles. The Labute approximate surface area is 131 Å². The monoisotopic (exact) mass is 306 g/mol. The molecule has 0 saturated carbocycles. The molecule has 2 atom stereocenters. The Morgan fingerprint density at radius 2 is 2.14 bits per heavy atom. The lowest BCUT2D eigenvalue weighted by Gasteiger charge is -2.41. The topological polar surface area (TPSA) is 82.7 Å². The van der Waals surface area contributed by atoms with Gasteiger partial charge in [-0.25, -0.2) is 9.78 Å². The van der Waals surface area contributed by atoms with Crippen LogP contribution in [0.2, 0.25) is 0 Å². The molecule has 0 spiro atoms. The zero-order chi connectivity index (χ0) is 16.7. The second-order valence-electron chi connectivity index (χ2n) is 7.16. The van der Waals surface area contributed by atoms with Crippen LogP contribution in [0.25, 0.3) is 0 Å². The number of hydrogen-bond acceptors (Lipinski definition) is 4. The molecule has 1 aromatic heterocycles. The van der Waals surface area contributed by atoms with E-state index in [1.807, 2.05) is 13.0 Å². The van der Waals surface area contributed by atoms with Gasteiger partial charge in [0, 0.05) is 13.6 Å². The van der Waals surface area contributed by atoms with Crippen LogP contribution in [0.5, 0.6) is 0 Å². The van der Waals surface area contributed by atoms with Crippen molar-refractivity contribution < 1.29 is 9.90 Å². The molecular formula is C16H26N4O2. The smallest absolute Gasteiger partial charge is 0.407 e. The first-order valence-corrected chi connectivity index (χ1v) is 7.57. The van der Waals surface area contributed by atoms with E-state index in [-0.39, 0.29) is 17.5 Å². The van der Waals surface area contributed by atoms with Gasteiger partial charge in [-0.1, -0.05) is 20.8 Å². The molecule has 6 heteroatoms. The van der Waals surface area contributed by atoms with Crippen molar-refractivity contribution in [2.24, 2.45) is 5.41 Å². The van der Waals surface area contributed by atoms with Gasteiger partial charge in [-0.15, -0.1) is 0 Å². The van der Waals surface area contributed by atoms with Crippen LogP contribution >= 0.6 is 0 Å². The van der Waals surface area contributed by atoms with E-state index < -0.39 is 6.09 Å². The fraction of sp³-hybridized carbons (Fsp3) is 0.625. The summed E-state index contributed by atoms with van der Waals surface area (Å²) in [5.74, 6) is 0.899. The number of aromatic nitrogens is 1. The van der Waals surface area contributed by atoms with Crippen molar-refractivity contribution >= 4 is 17.6 Å². The van der Waals surface area contributed by atoms with Crippen LogP contribution in [-0.2, 0) is 0 Å². The van der Waals surface area contributed by atoms with Crippen LogP contribution < -0.4 is 10.6 Å². The van der Waals surface area contributed by atoms with Gasteiger partial charge in [-0.2, -0.15) is 0 Å². The van der Waals surface area contributed by atoms with E-state index >= 15 is 0 Å². The number of carbonyl (C=O) groups is 1. The predicted molar refractivity (Wildman–Crippen MR) is 88.2 cm³/mol. The average Bonchev–Trinajstić information content (AvgIpc) is 2.82. The number of nitrogens with two attached hydrogens (primary N) is 1. The molecule has 1 aliphatic heterocycles. The van der Waals surface area contributed by atoms with Crippen molar-refractivity contribution in [3.8, 4) is 0 Å². The Balaban J connectivity index is 2.41. The Hall–Kier alpha value is -1.98. The highest BCUT2D eigenvalue weighted by molar-refractivity contribution is 5.66. The quantitative estimate of drug-likeness (QED) is 0.877. The fourth-order valence-electron chi connectivity index (χ4n) is 3.50. The highest BCUT2D eigenvalue weighted by Gasteiger charge is 2.45. The van der Waals surface area contributed by atoms with Gasteiger partial charge in [-0.05, 0) is 30.4 Å². The summed E-state index contributed by atoms with van der Waals surface area (Å²) >= 11 is 0. The van der Waals surface area contributed by atoms with Crippen LogP contribution in [-0.4, -0.2) is 46.8 Å². The maximum atomic E-state index is 11.4. The summed E-state index contributed by atoms with van der Waals surface area (Å²) < 4.78 is 0. The van der Waals surface area contributed by atoms with Crippen molar-refractivity contribution in [3.05, 3.63) is 17.8 Å². The third kappa shape index (κ3) is 2.96. The molecular weight excluding hydrogens is 280 g/mol. The molecule has 2 unspecified atom stereocenters. The van der Waals surface area contributed by atoms with Gasteiger partial charge in [-0.3, -0.25) is 0 Å². The molecule has 0 radical (unpaired) electrons. The second-order valence-corrected chi connectivity index (χ2v) is 7.16. The van der Waals surface area contributed by atoms with E-state index in [1.54, 1.807) is 13.2 Å². The van der Waals surface area contributed by atoms with E-state index in [0.29, 0.717) is 5.69 Å². The predicted octanol–water partition coefficient (Wildman–Crippen LogP) is 2.58. The van der Waals surface area contributed by atoms with Gasteiger partial charge in [0.1, 0.15) is 5.82 Å². The summed E-state index contributed by atoms with van der Waals surface area (Å²) in [4.78, 5) is 19.6. The van der Waals surface area contributed by atoms with Crippen LogP contribution in [0.3, 0.4) is 0 Å². The first-order valence-electron chi connectivity index (χ1n) is 7.57. The highest BCUT2D eigenvalue weighted by atomic mass is 16.4. The minimum Gasteiger partial charge on any atom is -0.465 e. The van der Waals surface area contributed by atoms with Crippen molar-refractivity contribution in [2.75, 3.05) is 24.2 Å². The van der Waals surface area contributed by atoms with Gasteiger partial charge in [0.05, 0.1) is 24.0 Å². The van der Waals surface area contributed by atoms with Gasteiger partial charge < -0.3 is 20.6 Å². The van der Waals surface area contributed by atoms with Crippen LogP contribution in [0.1, 0.15) is 32.8 Å². The van der Waals surface area contributed by atoms with E-state index in [2.05, 4.69) is 30.7 Å². The number of nitrogen functional groups attached to an aromatic ring is 1. The maximum Gasteiger partial charge on any atom is 0.407 e. The molecule has 0 aliphatic carbocycles. The molecule has 122 valence electrons. The summed E-state index contributed by atoms with van der Waals surface area (Å²) in [5.41, 5.74) is 7.39. The number of nitrogens with zero attached hydrogens (tertiary/aromatic N) is 3. The van der Waals surface area contributed by atoms with Gasteiger partial charge in [0.15, 0.2) is 0 Å². The second kappa shape index (κ2) is 5.66. The Morgan fingerprint density at radius 1 is 1.50 bits per heavy atom. The molecule has 2 rings (SSSR count). The molecule has 6 nitrogen and oxygen atoms in total. The summed E-state index contributed by atoms with van der Waals surface area (Å²) in [6.07, 6.45) is 1.58. The standard InChI is InChI=1S/C16H26N4O2/c1-10-8-11(17)9-18-14(10)20-7-6-12(19(5)15(21)22)13(20)16(2,3)4/h8-9,12-13H,6-7,17H2,1-5H3,(H,21,22).